The lowest BCUT2D eigenvalue weighted by Gasteiger charge is -2.17. The summed E-state index contributed by atoms with van der Waals surface area (Å²) < 4.78 is 0. The largest absolute Gasteiger partial charge is 0.481 e. The van der Waals surface area contributed by atoms with E-state index in [4.69, 9.17) is 0 Å². The lowest BCUT2D eigenvalue weighted by atomic mass is 10.0. The lowest BCUT2D eigenvalue weighted by molar-refractivity contribution is -0.138. The quantitative estimate of drug-likeness (QED) is 0.944. The number of fused-ring (bicyclic) bond motifs is 1. The second-order valence-corrected chi connectivity index (χ2v) is 5.88. The number of carbonyl (C=O) groups excluding carboxylic acids is 1. The standard InChI is InChI=1S/C19H19NO3/c1-13-6-2-3-7-14(13)10-11-18(21)20-12-16(19(22)23)15-8-4-5-9-17(15)20/h2-9,16H,10-12H2,1H3,(H,22,23). The zero-order valence-corrected chi connectivity index (χ0v) is 13.0. The van der Waals surface area contributed by atoms with E-state index in [0.29, 0.717) is 12.8 Å². The van der Waals surface area contributed by atoms with Crippen molar-refractivity contribution >= 4 is 17.6 Å². The third-order valence-corrected chi connectivity index (χ3v) is 4.44. The van der Waals surface area contributed by atoms with Crippen molar-refractivity contribution in [3.05, 3.63) is 65.2 Å². The Morgan fingerprint density at radius 2 is 1.83 bits per heavy atom. The molecule has 2 aromatic carbocycles. The van der Waals surface area contributed by atoms with Crippen LogP contribution in [0.15, 0.2) is 48.5 Å². The molecule has 0 aliphatic carbocycles. The van der Waals surface area contributed by atoms with Crippen molar-refractivity contribution in [1.82, 2.24) is 0 Å². The van der Waals surface area contributed by atoms with E-state index >= 15 is 0 Å². The molecule has 1 atom stereocenters. The van der Waals surface area contributed by atoms with Crippen molar-refractivity contribution in [2.45, 2.75) is 25.7 Å². The van der Waals surface area contributed by atoms with Gasteiger partial charge in [0, 0.05) is 18.7 Å². The zero-order chi connectivity index (χ0) is 16.4. The molecule has 0 fully saturated rings. The molecule has 3 rings (SSSR count). The van der Waals surface area contributed by atoms with E-state index in [9.17, 15) is 14.7 Å². The number of carboxylic acids is 1. The van der Waals surface area contributed by atoms with Crippen LogP contribution in [0.3, 0.4) is 0 Å². The summed E-state index contributed by atoms with van der Waals surface area (Å²) >= 11 is 0. The van der Waals surface area contributed by atoms with Crippen LogP contribution in [0.2, 0.25) is 0 Å². The molecule has 0 saturated carbocycles. The van der Waals surface area contributed by atoms with Gasteiger partial charge >= 0.3 is 5.97 Å². The topological polar surface area (TPSA) is 57.6 Å². The third kappa shape index (κ3) is 2.97. The van der Waals surface area contributed by atoms with Gasteiger partial charge in [-0.05, 0) is 36.1 Å². The van der Waals surface area contributed by atoms with Crippen molar-refractivity contribution in [3.8, 4) is 0 Å². The number of para-hydroxylation sites is 1. The van der Waals surface area contributed by atoms with E-state index < -0.39 is 11.9 Å². The minimum Gasteiger partial charge on any atom is -0.481 e. The van der Waals surface area contributed by atoms with E-state index in [1.54, 1.807) is 11.0 Å². The molecule has 1 aliphatic heterocycles. The van der Waals surface area contributed by atoms with Crippen LogP contribution in [0.4, 0.5) is 5.69 Å². The Kier molecular flexibility index (Phi) is 4.15. The summed E-state index contributed by atoms with van der Waals surface area (Å²) in [5, 5.41) is 9.37. The fourth-order valence-corrected chi connectivity index (χ4v) is 3.12. The van der Waals surface area contributed by atoms with Crippen molar-refractivity contribution in [2.75, 3.05) is 11.4 Å². The van der Waals surface area contributed by atoms with Gasteiger partial charge < -0.3 is 10.0 Å². The van der Waals surface area contributed by atoms with Crippen molar-refractivity contribution in [2.24, 2.45) is 0 Å². The molecular formula is C19H19NO3. The van der Waals surface area contributed by atoms with E-state index in [0.717, 1.165) is 16.8 Å². The Bertz CT molecular complexity index is 754. The minimum atomic E-state index is -0.883. The number of amides is 1. The van der Waals surface area contributed by atoms with Gasteiger partial charge in [-0.2, -0.15) is 0 Å². The van der Waals surface area contributed by atoms with Gasteiger partial charge in [0.1, 0.15) is 5.92 Å². The average Bonchev–Trinajstić information content (AvgIpc) is 2.94. The van der Waals surface area contributed by atoms with Gasteiger partial charge in [0.15, 0.2) is 0 Å². The number of carbonyl (C=O) groups is 2. The van der Waals surface area contributed by atoms with E-state index in [1.807, 2.05) is 49.4 Å². The molecule has 118 valence electrons. The SMILES string of the molecule is Cc1ccccc1CCC(=O)N1CC(C(=O)O)c2ccccc21. The molecule has 1 heterocycles. The normalized spacial score (nSPS) is 16.2. The molecule has 1 aliphatic rings. The summed E-state index contributed by atoms with van der Waals surface area (Å²) in [5.74, 6) is -1.54. The molecule has 4 heteroatoms. The highest BCUT2D eigenvalue weighted by Gasteiger charge is 2.35. The Labute approximate surface area is 135 Å². The number of rotatable bonds is 4. The second-order valence-electron chi connectivity index (χ2n) is 5.88. The van der Waals surface area contributed by atoms with Gasteiger partial charge in [0.05, 0.1) is 0 Å². The third-order valence-electron chi connectivity index (χ3n) is 4.44. The van der Waals surface area contributed by atoms with Crippen LogP contribution in [-0.2, 0) is 16.0 Å². The first kappa shape index (κ1) is 15.3. The molecule has 2 aromatic rings. The first-order valence-corrected chi connectivity index (χ1v) is 7.74. The van der Waals surface area contributed by atoms with E-state index in [-0.39, 0.29) is 12.5 Å². The van der Waals surface area contributed by atoms with Crippen LogP contribution in [0.25, 0.3) is 0 Å². The molecular weight excluding hydrogens is 290 g/mol. The molecule has 0 bridgehead atoms. The highest BCUT2D eigenvalue weighted by atomic mass is 16.4. The fourth-order valence-electron chi connectivity index (χ4n) is 3.12. The molecule has 0 spiro atoms. The molecule has 1 amide bonds. The van der Waals surface area contributed by atoms with Crippen molar-refractivity contribution in [3.63, 3.8) is 0 Å². The van der Waals surface area contributed by atoms with Crippen LogP contribution in [0.5, 0.6) is 0 Å². The number of anilines is 1. The molecule has 23 heavy (non-hydrogen) atoms. The van der Waals surface area contributed by atoms with Crippen LogP contribution in [0, 0.1) is 6.92 Å². The molecule has 0 saturated heterocycles. The maximum absolute atomic E-state index is 12.6. The van der Waals surface area contributed by atoms with Crippen molar-refractivity contribution < 1.29 is 14.7 Å². The van der Waals surface area contributed by atoms with Gasteiger partial charge in [0.2, 0.25) is 5.91 Å². The summed E-state index contributed by atoms with van der Waals surface area (Å²) in [4.78, 5) is 25.6. The van der Waals surface area contributed by atoms with Crippen LogP contribution in [-0.4, -0.2) is 23.5 Å². The Morgan fingerprint density at radius 3 is 2.57 bits per heavy atom. The van der Waals surface area contributed by atoms with Crippen LogP contribution in [0.1, 0.15) is 29.0 Å². The summed E-state index contributed by atoms with van der Waals surface area (Å²) in [7, 11) is 0. The highest BCUT2D eigenvalue weighted by Crippen LogP contribution is 2.36. The Hall–Kier alpha value is -2.62. The predicted octanol–water partition coefficient (Wildman–Crippen LogP) is 3.14. The smallest absolute Gasteiger partial charge is 0.312 e. The van der Waals surface area contributed by atoms with Crippen LogP contribution >= 0.6 is 0 Å². The maximum Gasteiger partial charge on any atom is 0.312 e. The summed E-state index contributed by atoms with van der Waals surface area (Å²) in [6, 6.07) is 15.3. The number of nitrogens with zero attached hydrogens (tertiary/aromatic N) is 1. The minimum absolute atomic E-state index is 0.0237. The monoisotopic (exact) mass is 309 g/mol. The van der Waals surface area contributed by atoms with Gasteiger partial charge in [-0.15, -0.1) is 0 Å². The Morgan fingerprint density at radius 1 is 1.13 bits per heavy atom. The predicted molar refractivity (Wildman–Crippen MR) is 88.7 cm³/mol. The average molecular weight is 309 g/mol. The number of aliphatic carboxylic acids is 1. The number of hydrogen-bond donors (Lipinski definition) is 1. The summed E-state index contributed by atoms with van der Waals surface area (Å²) in [6.45, 7) is 2.26. The first-order chi connectivity index (χ1) is 11.1. The molecule has 0 aromatic heterocycles. The van der Waals surface area contributed by atoms with E-state index in [2.05, 4.69) is 0 Å². The molecule has 1 unspecified atom stereocenters. The zero-order valence-electron chi connectivity index (χ0n) is 13.0. The van der Waals surface area contributed by atoms with Crippen molar-refractivity contribution in [1.29, 1.82) is 0 Å². The number of aryl methyl sites for hydroxylation is 2. The first-order valence-electron chi connectivity index (χ1n) is 7.74. The maximum atomic E-state index is 12.6. The van der Waals surface area contributed by atoms with Gasteiger partial charge in [-0.1, -0.05) is 42.5 Å². The molecule has 0 radical (unpaired) electrons. The van der Waals surface area contributed by atoms with Gasteiger partial charge in [-0.3, -0.25) is 9.59 Å². The lowest BCUT2D eigenvalue weighted by Crippen LogP contribution is -2.31. The highest BCUT2D eigenvalue weighted by molar-refractivity contribution is 5.99. The number of hydrogen-bond acceptors (Lipinski definition) is 2. The molecule has 1 N–H and O–H groups in total. The summed E-state index contributed by atoms with van der Waals surface area (Å²) in [6.07, 6.45) is 1.05. The number of benzene rings is 2. The van der Waals surface area contributed by atoms with E-state index in [1.165, 1.54) is 5.56 Å². The van der Waals surface area contributed by atoms with Gasteiger partial charge in [0.25, 0.3) is 0 Å². The second kappa shape index (κ2) is 6.24. The summed E-state index contributed by atoms with van der Waals surface area (Å²) in [5.41, 5.74) is 3.78. The molecule has 4 nitrogen and oxygen atoms in total. The van der Waals surface area contributed by atoms with Crippen LogP contribution < -0.4 is 4.90 Å². The fraction of sp³-hybridized carbons (Fsp3) is 0.263. The number of carboxylic acid groups (broad SMARTS) is 1. The Balaban J connectivity index is 1.76. The van der Waals surface area contributed by atoms with Gasteiger partial charge in [-0.25, -0.2) is 0 Å².